The summed E-state index contributed by atoms with van der Waals surface area (Å²) in [5.74, 6) is -0.686. The molecule has 238 valence electrons. The van der Waals surface area contributed by atoms with E-state index < -0.39 is 5.97 Å². The number of carboxylic acid groups (broad SMARTS) is 1. The van der Waals surface area contributed by atoms with E-state index >= 15 is 0 Å². The molecule has 41 heavy (non-hydrogen) atoms. The first-order valence-corrected chi connectivity index (χ1v) is 17.1. The van der Waals surface area contributed by atoms with Crippen molar-refractivity contribution in [2.24, 2.45) is 0 Å². The Labute approximate surface area is 251 Å². The Kier molecular flexibility index (Phi) is 22.0. The van der Waals surface area contributed by atoms with Gasteiger partial charge >= 0.3 is 5.97 Å². The van der Waals surface area contributed by atoms with Gasteiger partial charge in [-0.1, -0.05) is 130 Å². The van der Waals surface area contributed by atoms with Crippen LogP contribution in [0, 0.1) is 0 Å². The van der Waals surface area contributed by atoms with Crippen LogP contribution in [0.1, 0.15) is 172 Å². The summed E-state index contributed by atoms with van der Waals surface area (Å²) in [4.78, 5) is 12.5. The quantitative estimate of drug-likeness (QED) is 0.0962. The van der Waals surface area contributed by atoms with Gasteiger partial charge in [0.15, 0.2) is 28.6 Å². The van der Waals surface area contributed by atoms with Crippen LogP contribution in [-0.2, 0) is 6.42 Å². The van der Waals surface area contributed by atoms with E-state index in [0.717, 1.165) is 76.2 Å². The SMILES string of the molecule is CCCCCCCCCOc1c(CCCCC)c(OCCCCC)c(O)c(C(=O)O)c1OCCCCCCCCC. The van der Waals surface area contributed by atoms with E-state index in [4.69, 9.17) is 14.2 Å². The molecule has 0 bridgehead atoms. The minimum absolute atomic E-state index is 0.163. The lowest BCUT2D eigenvalue weighted by molar-refractivity contribution is 0.0686. The Morgan fingerprint density at radius 2 is 0.878 bits per heavy atom. The molecule has 0 saturated heterocycles. The zero-order chi connectivity index (χ0) is 30.1. The number of aromatic carboxylic acids is 1. The fourth-order valence-electron chi connectivity index (χ4n) is 5.13. The van der Waals surface area contributed by atoms with Crippen molar-refractivity contribution in [2.45, 2.75) is 163 Å². The summed E-state index contributed by atoms with van der Waals surface area (Å²) in [5.41, 5.74) is 0.502. The highest BCUT2D eigenvalue weighted by molar-refractivity contribution is 5.97. The number of unbranched alkanes of at least 4 members (excludes halogenated alkanes) is 16. The van der Waals surface area contributed by atoms with Gasteiger partial charge in [0.25, 0.3) is 0 Å². The maximum Gasteiger partial charge on any atom is 0.343 e. The molecule has 1 rings (SSSR count). The Morgan fingerprint density at radius 1 is 0.512 bits per heavy atom. The monoisotopic (exact) mass is 578 g/mol. The summed E-state index contributed by atoms with van der Waals surface area (Å²) < 4.78 is 18.7. The summed E-state index contributed by atoms with van der Waals surface area (Å²) in [6.45, 7) is 10.0. The maximum absolute atomic E-state index is 12.5. The van der Waals surface area contributed by atoms with Crippen LogP contribution in [0.15, 0.2) is 0 Å². The van der Waals surface area contributed by atoms with E-state index in [1.807, 2.05) is 0 Å². The molecule has 0 atom stereocenters. The number of carbonyl (C=O) groups is 1. The first-order valence-electron chi connectivity index (χ1n) is 17.1. The molecule has 1 aromatic rings. The summed E-state index contributed by atoms with van der Waals surface area (Å²) in [5, 5.41) is 21.4. The fraction of sp³-hybridized carbons (Fsp3) is 0.800. The molecule has 0 spiro atoms. The highest BCUT2D eigenvalue weighted by Gasteiger charge is 2.31. The number of hydrogen-bond acceptors (Lipinski definition) is 5. The van der Waals surface area contributed by atoms with E-state index in [2.05, 4.69) is 27.7 Å². The summed E-state index contributed by atoms with van der Waals surface area (Å²) >= 11 is 0. The average molecular weight is 579 g/mol. The van der Waals surface area contributed by atoms with Crippen LogP contribution in [-0.4, -0.2) is 36.0 Å². The van der Waals surface area contributed by atoms with Crippen molar-refractivity contribution in [2.75, 3.05) is 19.8 Å². The van der Waals surface area contributed by atoms with Gasteiger partial charge in [-0.3, -0.25) is 0 Å². The number of ether oxygens (including phenoxy) is 3. The van der Waals surface area contributed by atoms with Gasteiger partial charge in [0.1, 0.15) is 0 Å². The third-order valence-corrected chi connectivity index (χ3v) is 7.66. The first kappa shape index (κ1) is 36.9. The second kappa shape index (κ2) is 24.5. The molecule has 0 radical (unpaired) electrons. The van der Waals surface area contributed by atoms with E-state index in [0.29, 0.717) is 32.0 Å². The predicted octanol–water partition coefficient (Wildman–Crippen LogP) is 10.7. The Bertz CT molecular complexity index is 807. The van der Waals surface area contributed by atoms with E-state index in [9.17, 15) is 15.0 Å². The molecule has 0 heterocycles. The van der Waals surface area contributed by atoms with Crippen molar-refractivity contribution in [3.05, 3.63) is 11.1 Å². The standard InChI is InChI=1S/C35H62O6/c1-5-9-13-15-17-19-23-27-40-33-29(25-21-11-7-3)32(39-26-22-12-8-4)31(36)30(35(37)38)34(33)41-28-24-20-18-16-14-10-6-2/h36H,5-28H2,1-4H3,(H,37,38). The third-order valence-electron chi connectivity index (χ3n) is 7.66. The van der Waals surface area contributed by atoms with E-state index in [1.165, 1.54) is 57.8 Å². The fourth-order valence-corrected chi connectivity index (χ4v) is 5.13. The average Bonchev–Trinajstić information content (AvgIpc) is 2.95. The van der Waals surface area contributed by atoms with Crippen molar-refractivity contribution < 1.29 is 29.2 Å². The minimum atomic E-state index is -1.23. The number of benzene rings is 1. The highest BCUT2D eigenvalue weighted by atomic mass is 16.5. The van der Waals surface area contributed by atoms with Gasteiger partial charge in [-0.25, -0.2) is 4.79 Å². The molecule has 0 aromatic heterocycles. The van der Waals surface area contributed by atoms with Gasteiger partial charge in [-0.15, -0.1) is 0 Å². The molecular formula is C35H62O6. The van der Waals surface area contributed by atoms with Crippen LogP contribution in [0.5, 0.6) is 23.0 Å². The number of rotatable bonds is 28. The second-order valence-electron chi connectivity index (χ2n) is 11.4. The molecule has 0 fully saturated rings. The molecule has 0 saturated carbocycles. The topological polar surface area (TPSA) is 85.2 Å². The van der Waals surface area contributed by atoms with E-state index in [-0.39, 0.29) is 22.8 Å². The second-order valence-corrected chi connectivity index (χ2v) is 11.4. The van der Waals surface area contributed by atoms with Crippen molar-refractivity contribution in [3.63, 3.8) is 0 Å². The normalized spacial score (nSPS) is 11.1. The maximum atomic E-state index is 12.5. The molecule has 0 unspecified atom stereocenters. The molecule has 0 amide bonds. The molecule has 6 nitrogen and oxygen atoms in total. The molecular weight excluding hydrogens is 516 g/mol. The first-order chi connectivity index (χ1) is 20.0. The van der Waals surface area contributed by atoms with Gasteiger partial charge in [0.2, 0.25) is 0 Å². The number of hydrogen-bond donors (Lipinski definition) is 2. The van der Waals surface area contributed by atoms with Crippen LogP contribution < -0.4 is 14.2 Å². The van der Waals surface area contributed by atoms with Crippen molar-refractivity contribution in [1.82, 2.24) is 0 Å². The molecule has 2 N–H and O–H groups in total. The molecule has 0 aliphatic carbocycles. The molecule has 6 heteroatoms. The highest BCUT2D eigenvalue weighted by Crippen LogP contribution is 2.49. The lowest BCUT2D eigenvalue weighted by Gasteiger charge is -2.23. The van der Waals surface area contributed by atoms with Gasteiger partial charge < -0.3 is 24.4 Å². The number of carboxylic acids is 1. The zero-order valence-corrected chi connectivity index (χ0v) is 27.0. The molecule has 0 aliphatic rings. The lowest BCUT2D eigenvalue weighted by atomic mass is 9.99. The Morgan fingerprint density at radius 3 is 1.37 bits per heavy atom. The third kappa shape index (κ3) is 15.1. The van der Waals surface area contributed by atoms with Crippen molar-refractivity contribution >= 4 is 5.97 Å². The Balaban J connectivity index is 3.22. The predicted molar refractivity (Wildman–Crippen MR) is 170 cm³/mol. The van der Waals surface area contributed by atoms with Crippen LogP contribution in [0.25, 0.3) is 0 Å². The van der Waals surface area contributed by atoms with Gasteiger partial charge in [-0.2, -0.15) is 0 Å². The molecule has 0 aliphatic heterocycles. The van der Waals surface area contributed by atoms with Crippen molar-refractivity contribution in [3.8, 4) is 23.0 Å². The lowest BCUT2D eigenvalue weighted by Crippen LogP contribution is -2.13. The van der Waals surface area contributed by atoms with Crippen LogP contribution in [0.4, 0.5) is 0 Å². The van der Waals surface area contributed by atoms with E-state index in [1.54, 1.807) is 0 Å². The zero-order valence-electron chi connectivity index (χ0n) is 27.0. The summed E-state index contributed by atoms with van der Waals surface area (Å²) in [7, 11) is 0. The van der Waals surface area contributed by atoms with Crippen LogP contribution >= 0.6 is 0 Å². The minimum Gasteiger partial charge on any atom is -0.504 e. The number of phenols is 1. The summed E-state index contributed by atoms with van der Waals surface area (Å²) in [6.07, 6.45) is 22.7. The largest absolute Gasteiger partial charge is 0.504 e. The van der Waals surface area contributed by atoms with Crippen LogP contribution in [0.3, 0.4) is 0 Å². The van der Waals surface area contributed by atoms with Crippen molar-refractivity contribution in [1.29, 1.82) is 0 Å². The smallest absolute Gasteiger partial charge is 0.343 e. The van der Waals surface area contributed by atoms with Gasteiger partial charge in [-0.05, 0) is 32.1 Å². The summed E-state index contributed by atoms with van der Waals surface area (Å²) in [6, 6.07) is 0. The molecule has 1 aromatic carbocycles. The van der Waals surface area contributed by atoms with Gasteiger partial charge in [0.05, 0.1) is 19.8 Å². The number of aromatic hydroxyl groups is 1. The van der Waals surface area contributed by atoms with Crippen LogP contribution in [0.2, 0.25) is 0 Å². The Hall–Kier alpha value is -2.11. The van der Waals surface area contributed by atoms with Gasteiger partial charge in [0, 0.05) is 5.56 Å².